The molecular weight excluding hydrogens is 205 g/mol. The SMILES string of the molecule is C[C@@H](O)COc1cc(F)ccc1[N+](=O)[O-]. The molecule has 0 spiro atoms. The predicted molar refractivity (Wildman–Crippen MR) is 50.2 cm³/mol. The molecule has 15 heavy (non-hydrogen) atoms. The number of ether oxygens (including phenoxy) is 1. The highest BCUT2D eigenvalue weighted by molar-refractivity contribution is 5.46. The van der Waals surface area contributed by atoms with Gasteiger partial charge in [-0.1, -0.05) is 0 Å². The van der Waals surface area contributed by atoms with Crippen LogP contribution in [0.5, 0.6) is 5.75 Å². The maximum Gasteiger partial charge on any atom is 0.311 e. The summed E-state index contributed by atoms with van der Waals surface area (Å²) < 4.78 is 17.7. The van der Waals surface area contributed by atoms with Gasteiger partial charge in [-0.3, -0.25) is 10.1 Å². The number of aliphatic hydroxyl groups excluding tert-OH is 1. The van der Waals surface area contributed by atoms with Gasteiger partial charge in [-0.2, -0.15) is 0 Å². The lowest BCUT2D eigenvalue weighted by Gasteiger charge is -2.08. The van der Waals surface area contributed by atoms with Crippen LogP contribution in [0.1, 0.15) is 6.92 Å². The average Bonchev–Trinajstić information content (AvgIpc) is 2.14. The summed E-state index contributed by atoms with van der Waals surface area (Å²) in [6.07, 6.45) is -0.770. The first kappa shape index (κ1) is 11.4. The van der Waals surface area contributed by atoms with Crippen LogP contribution >= 0.6 is 0 Å². The summed E-state index contributed by atoms with van der Waals surface area (Å²) in [5, 5.41) is 19.4. The highest BCUT2D eigenvalue weighted by Gasteiger charge is 2.16. The summed E-state index contributed by atoms with van der Waals surface area (Å²) in [6.45, 7) is 1.34. The number of nitro groups is 1. The summed E-state index contributed by atoms with van der Waals surface area (Å²) in [6, 6.07) is 2.92. The molecule has 5 nitrogen and oxygen atoms in total. The topological polar surface area (TPSA) is 72.6 Å². The third-order valence-electron chi connectivity index (χ3n) is 1.60. The second-order valence-electron chi connectivity index (χ2n) is 3.03. The average molecular weight is 215 g/mol. The van der Waals surface area contributed by atoms with Gasteiger partial charge in [0.15, 0.2) is 5.75 Å². The number of nitrogens with zero attached hydrogens (tertiary/aromatic N) is 1. The van der Waals surface area contributed by atoms with E-state index >= 15 is 0 Å². The van der Waals surface area contributed by atoms with Gasteiger partial charge in [0.1, 0.15) is 12.4 Å². The van der Waals surface area contributed by atoms with Crippen molar-refractivity contribution in [3.05, 3.63) is 34.1 Å². The molecule has 1 aromatic rings. The third-order valence-corrected chi connectivity index (χ3v) is 1.60. The molecule has 0 bridgehead atoms. The number of rotatable bonds is 4. The lowest BCUT2D eigenvalue weighted by atomic mass is 10.3. The maximum absolute atomic E-state index is 12.8. The van der Waals surface area contributed by atoms with Crippen LogP contribution in [0.3, 0.4) is 0 Å². The normalized spacial score (nSPS) is 12.2. The molecule has 0 radical (unpaired) electrons. The van der Waals surface area contributed by atoms with Crippen LogP contribution in [0.4, 0.5) is 10.1 Å². The molecule has 0 aliphatic rings. The first-order valence-electron chi connectivity index (χ1n) is 4.25. The largest absolute Gasteiger partial charge is 0.484 e. The van der Waals surface area contributed by atoms with Gasteiger partial charge in [0.2, 0.25) is 0 Å². The van der Waals surface area contributed by atoms with Crippen molar-refractivity contribution >= 4 is 5.69 Å². The first-order valence-corrected chi connectivity index (χ1v) is 4.25. The molecule has 82 valence electrons. The van der Waals surface area contributed by atoms with Crippen LogP contribution in [0.15, 0.2) is 18.2 Å². The number of aliphatic hydroxyl groups is 1. The van der Waals surface area contributed by atoms with Gasteiger partial charge in [-0.05, 0) is 13.0 Å². The molecule has 0 heterocycles. The summed E-state index contributed by atoms with van der Waals surface area (Å²) >= 11 is 0. The van der Waals surface area contributed by atoms with Crippen LogP contribution in [0.25, 0.3) is 0 Å². The minimum Gasteiger partial charge on any atom is -0.484 e. The van der Waals surface area contributed by atoms with Crippen LogP contribution in [-0.4, -0.2) is 22.7 Å². The van der Waals surface area contributed by atoms with Crippen LogP contribution in [-0.2, 0) is 0 Å². The monoisotopic (exact) mass is 215 g/mol. The standard InChI is InChI=1S/C9H10FNO4/c1-6(12)5-15-9-4-7(10)2-3-8(9)11(13)14/h2-4,6,12H,5H2,1H3/t6-/m1/s1. The lowest BCUT2D eigenvalue weighted by Crippen LogP contribution is -2.13. The Labute approximate surface area is 85.3 Å². The molecule has 1 rings (SSSR count). The fourth-order valence-corrected chi connectivity index (χ4v) is 0.965. The number of nitro benzene ring substituents is 1. The van der Waals surface area contributed by atoms with Crippen molar-refractivity contribution in [3.63, 3.8) is 0 Å². The second kappa shape index (κ2) is 4.70. The fraction of sp³-hybridized carbons (Fsp3) is 0.333. The molecule has 0 amide bonds. The van der Waals surface area contributed by atoms with Crippen molar-refractivity contribution < 1.29 is 19.2 Å². The van der Waals surface area contributed by atoms with Crippen LogP contribution in [0, 0.1) is 15.9 Å². The van der Waals surface area contributed by atoms with Crippen LogP contribution in [0.2, 0.25) is 0 Å². The lowest BCUT2D eigenvalue weighted by molar-refractivity contribution is -0.386. The van der Waals surface area contributed by atoms with E-state index in [1.807, 2.05) is 0 Å². The van der Waals surface area contributed by atoms with Crippen molar-refractivity contribution in [1.29, 1.82) is 0 Å². The van der Waals surface area contributed by atoms with Gasteiger partial charge >= 0.3 is 5.69 Å². The molecular formula is C9H10FNO4. The van der Waals surface area contributed by atoms with E-state index in [0.29, 0.717) is 0 Å². The van der Waals surface area contributed by atoms with Crippen molar-refractivity contribution in [2.45, 2.75) is 13.0 Å². The van der Waals surface area contributed by atoms with Gasteiger partial charge in [0.25, 0.3) is 0 Å². The molecule has 0 aromatic heterocycles. The van der Waals surface area contributed by atoms with E-state index in [9.17, 15) is 14.5 Å². The van der Waals surface area contributed by atoms with E-state index in [1.165, 1.54) is 6.92 Å². The highest BCUT2D eigenvalue weighted by Crippen LogP contribution is 2.27. The smallest absolute Gasteiger partial charge is 0.311 e. The Hall–Kier alpha value is -1.69. The second-order valence-corrected chi connectivity index (χ2v) is 3.03. The molecule has 0 fully saturated rings. The Kier molecular flexibility index (Phi) is 3.56. The minimum absolute atomic E-state index is 0.121. The van der Waals surface area contributed by atoms with Gasteiger partial charge in [-0.25, -0.2) is 4.39 Å². The first-order chi connectivity index (χ1) is 7.00. The predicted octanol–water partition coefficient (Wildman–Crippen LogP) is 1.49. The molecule has 0 aliphatic heterocycles. The van der Waals surface area contributed by atoms with Gasteiger partial charge in [-0.15, -0.1) is 0 Å². The molecule has 0 aliphatic carbocycles. The Morgan fingerprint density at radius 2 is 2.33 bits per heavy atom. The Morgan fingerprint density at radius 3 is 2.87 bits per heavy atom. The van der Waals surface area contributed by atoms with E-state index in [4.69, 9.17) is 9.84 Å². The fourth-order valence-electron chi connectivity index (χ4n) is 0.965. The summed E-state index contributed by atoms with van der Waals surface area (Å²) in [5.41, 5.74) is -0.322. The van der Waals surface area contributed by atoms with Crippen molar-refractivity contribution in [1.82, 2.24) is 0 Å². The van der Waals surface area contributed by atoms with Crippen molar-refractivity contribution in [2.75, 3.05) is 6.61 Å². The van der Waals surface area contributed by atoms with Gasteiger partial charge < -0.3 is 9.84 Å². The highest BCUT2D eigenvalue weighted by atomic mass is 19.1. The quantitative estimate of drug-likeness (QED) is 0.610. The Balaban J connectivity index is 2.92. The third kappa shape index (κ3) is 3.17. The number of hydrogen-bond acceptors (Lipinski definition) is 4. The van der Waals surface area contributed by atoms with E-state index < -0.39 is 16.8 Å². The molecule has 1 atom stereocenters. The van der Waals surface area contributed by atoms with Crippen LogP contribution < -0.4 is 4.74 Å². The number of halogens is 1. The Bertz CT molecular complexity index is 367. The molecule has 1 aromatic carbocycles. The van der Waals surface area contributed by atoms with Crippen molar-refractivity contribution in [2.24, 2.45) is 0 Å². The zero-order chi connectivity index (χ0) is 11.4. The summed E-state index contributed by atoms with van der Waals surface area (Å²) in [4.78, 5) is 9.85. The Morgan fingerprint density at radius 1 is 1.67 bits per heavy atom. The van der Waals surface area contributed by atoms with E-state index in [2.05, 4.69) is 0 Å². The zero-order valence-corrected chi connectivity index (χ0v) is 8.01. The molecule has 1 N–H and O–H groups in total. The molecule has 0 saturated heterocycles. The summed E-state index contributed by atoms with van der Waals surface area (Å²) in [5.74, 6) is -0.804. The van der Waals surface area contributed by atoms with E-state index in [0.717, 1.165) is 18.2 Å². The van der Waals surface area contributed by atoms with Crippen molar-refractivity contribution in [3.8, 4) is 5.75 Å². The molecule has 0 saturated carbocycles. The number of hydrogen-bond donors (Lipinski definition) is 1. The van der Waals surface area contributed by atoms with Gasteiger partial charge in [0.05, 0.1) is 11.0 Å². The molecule has 6 heteroatoms. The van der Waals surface area contributed by atoms with Gasteiger partial charge in [0, 0.05) is 12.1 Å². The van der Waals surface area contributed by atoms with E-state index in [1.54, 1.807) is 0 Å². The summed E-state index contributed by atoms with van der Waals surface area (Å²) in [7, 11) is 0. The molecule has 0 unspecified atom stereocenters. The zero-order valence-electron chi connectivity index (χ0n) is 8.01. The maximum atomic E-state index is 12.8. The minimum atomic E-state index is -0.770. The number of benzene rings is 1. The van der Waals surface area contributed by atoms with E-state index in [-0.39, 0.29) is 18.0 Å².